The first-order chi connectivity index (χ1) is 8.97. The Bertz CT molecular complexity index is 346. The van der Waals surface area contributed by atoms with Gasteiger partial charge >= 0.3 is 12.0 Å². The zero-order valence-electron chi connectivity index (χ0n) is 11.3. The Morgan fingerprint density at radius 1 is 1.37 bits per heavy atom. The molecule has 2 unspecified atom stereocenters. The number of aliphatic hydroxyl groups is 1. The average molecular weight is 270 g/mol. The van der Waals surface area contributed by atoms with E-state index in [9.17, 15) is 14.7 Å². The minimum atomic E-state index is -1.06. The zero-order chi connectivity index (χ0) is 14.4. The molecule has 1 rings (SSSR count). The highest BCUT2D eigenvalue weighted by molar-refractivity contribution is 5.80. The van der Waals surface area contributed by atoms with Gasteiger partial charge < -0.3 is 20.0 Å². The summed E-state index contributed by atoms with van der Waals surface area (Å²) in [6.45, 7) is 3.34. The molecule has 1 fully saturated rings. The third-order valence-electron chi connectivity index (χ3n) is 3.44. The molecule has 0 aromatic carbocycles. The van der Waals surface area contributed by atoms with Crippen LogP contribution in [0.15, 0.2) is 12.7 Å². The van der Waals surface area contributed by atoms with Gasteiger partial charge in [-0.15, -0.1) is 6.58 Å². The van der Waals surface area contributed by atoms with E-state index in [-0.39, 0.29) is 25.2 Å². The second-order valence-corrected chi connectivity index (χ2v) is 4.88. The topological polar surface area (TPSA) is 81.1 Å². The molecule has 0 aromatic heterocycles. The van der Waals surface area contributed by atoms with E-state index in [1.807, 2.05) is 0 Å². The third-order valence-corrected chi connectivity index (χ3v) is 3.44. The number of amides is 2. The van der Waals surface area contributed by atoms with Gasteiger partial charge in [0.15, 0.2) is 0 Å². The van der Waals surface area contributed by atoms with Crippen molar-refractivity contribution in [3.63, 3.8) is 0 Å². The second-order valence-electron chi connectivity index (χ2n) is 4.88. The van der Waals surface area contributed by atoms with Crippen molar-refractivity contribution < 1.29 is 19.8 Å². The fourth-order valence-corrected chi connectivity index (χ4v) is 2.44. The van der Waals surface area contributed by atoms with Gasteiger partial charge in [-0.05, 0) is 12.8 Å². The molecule has 0 aromatic rings. The molecule has 6 nitrogen and oxygen atoms in total. The Labute approximate surface area is 113 Å². The van der Waals surface area contributed by atoms with Crippen LogP contribution in [0.3, 0.4) is 0 Å². The molecule has 1 aliphatic rings. The Morgan fingerprint density at radius 2 is 2.00 bits per heavy atom. The number of rotatable bonds is 5. The maximum Gasteiger partial charge on any atom is 0.323 e. The summed E-state index contributed by atoms with van der Waals surface area (Å²) in [6.07, 6.45) is 4.33. The molecule has 0 radical (unpaired) electrons. The number of carbonyl (C=O) groups excluding carboxylic acids is 1. The summed E-state index contributed by atoms with van der Waals surface area (Å²) in [5, 5.41) is 18.7. The minimum Gasteiger partial charge on any atom is -0.480 e. The highest BCUT2D eigenvalue weighted by Gasteiger charge is 2.31. The molecule has 108 valence electrons. The fourth-order valence-electron chi connectivity index (χ4n) is 2.44. The molecule has 6 heteroatoms. The maximum absolute atomic E-state index is 12.2. The van der Waals surface area contributed by atoms with E-state index in [2.05, 4.69) is 6.58 Å². The van der Waals surface area contributed by atoms with Crippen molar-refractivity contribution in [3.05, 3.63) is 12.7 Å². The van der Waals surface area contributed by atoms with Crippen molar-refractivity contribution in [1.82, 2.24) is 9.80 Å². The Morgan fingerprint density at radius 3 is 2.53 bits per heavy atom. The molecular weight excluding hydrogens is 248 g/mol. The summed E-state index contributed by atoms with van der Waals surface area (Å²) in [4.78, 5) is 25.7. The molecule has 1 aliphatic carbocycles. The lowest BCUT2D eigenvalue weighted by Crippen LogP contribution is -2.52. The number of carbonyl (C=O) groups is 2. The van der Waals surface area contributed by atoms with Crippen molar-refractivity contribution in [3.8, 4) is 0 Å². The van der Waals surface area contributed by atoms with Crippen molar-refractivity contribution >= 4 is 12.0 Å². The van der Waals surface area contributed by atoms with Gasteiger partial charge in [-0.2, -0.15) is 0 Å². The monoisotopic (exact) mass is 270 g/mol. The summed E-state index contributed by atoms with van der Waals surface area (Å²) < 4.78 is 0. The van der Waals surface area contributed by atoms with E-state index < -0.39 is 12.1 Å². The number of aliphatic hydroxyl groups excluding tert-OH is 1. The third kappa shape index (κ3) is 4.24. The molecule has 1 saturated carbocycles. The number of aliphatic carboxylic acids is 1. The SMILES string of the molecule is C=CCN(CC(=O)O)C(=O)N(C)C1CCCCC1O. The molecular formula is C13H22N2O4. The van der Waals surface area contributed by atoms with E-state index in [0.717, 1.165) is 19.3 Å². The summed E-state index contributed by atoms with van der Waals surface area (Å²) in [6, 6.07) is -0.615. The quantitative estimate of drug-likeness (QED) is 0.728. The van der Waals surface area contributed by atoms with E-state index in [1.165, 1.54) is 15.9 Å². The van der Waals surface area contributed by atoms with Crippen LogP contribution in [0, 0.1) is 0 Å². The molecule has 2 N–H and O–H groups in total. The van der Waals surface area contributed by atoms with Crippen LogP contribution in [-0.4, -0.2) is 64.3 Å². The number of carboxylic acids is 1. The largest absolute Gasteiger partial charge is 0.480 e. The lowest BCUT2D eigenvalue weighted by Gasteiger charge is -2.37. The molecule has 0 spiro atoms. The predicted octanol–water partition coefficient (Wildman–Crippen LogP) is 0.914. The van der Waals surface area contributed by atoms with Gasteiger partial charge in [0.25, 0.3) is 0 Å². The summed E-state index contributed by atoms with van der Waals surface area (Å²) in [5.41, 5.74) is 0. The predicted molar refractivity (Wildman–Crippen MR) is 70.8 cm³/mol. The minimum absolute atomic E-state index is 0.179. The van der Waals surface area contributed by atoms with Crippen LogP contribution in [0.2, 0.25) is 0 Å². The lowest BCUT2D eigenvalue weighted by molar-refractivity contribution is -0.137. The number of nitrogens with zero attached hydrogens (tertiary/aromatic N) is 2. The van der Waals surface area contributed by atoms with Crippen LogP contribution >= 0.6 is 0 Å². The highest BCUT2D eigenvalue weighted by Crippen LogP contribution is 2.23. The van der Waals surface area contributed by atoms with Crippen LogP contribution in [0.5, 0.6) is 0 Å². The lowest BCUT2D eigenvalue weighted by atomic mass is 9.92. The van der Waals surface area contributed by atoms with E-state index >= 15 is 0 Å². The van der Waals surface area contributed by atoms with E-state index in [0.29, 0.717) is 6.42 Å². The molecule has 0 heterocycles. The summed E-state index contributed by atoms with van der Waals surface area (Å²) in [5.74, 6) is -1.06. The molecule has 0 aliphatic heterocycles. The van der Waals surface area contributed by atoms with Crippen molar-refractivity contribution in [2.24, 2.45) is 0 Å². The van der Waals surface area contributed by atoms with Gasteiger partial charge in [0.05, 0.1) is 12.1 Å². The first kappa shape index (κ1) is 15.5. The molecule has 19 heavy (non-hydrogen) atoms. The molecule has 2 amide bonds. The van der Waals surface area contributed by atoms with Crippen molar-refractivity contribution in [2.75, 3.05) is 20.1 Å². The van der Waals surface area contributed by atoms with Gasteiger partial charge in [-0.1, -0.05) is 18.9 Å². The molecule has 0 bridgehead atoms. The van der Waals surface area contributed by atoms with Crippen LogP contribution < -0.4 is 0 Å². The molecule has 0 saturated heterocycles. The second kappa shape index (κ2) is 7.13. The van der Waals surface area contributed by atoms with Gasteiger partial charge in [-0.3, -0.25) is 4.79 Å². The Kier molecular flexibility index (Phi) is 5.82. The van der Waals surface area contributed by atoms with Crippen LogP contribution in [0.25, 0.3) is 0 Å². The maximum atomic E-state index is 12.2. The normalized spacial score (nSPS) is 22.6. The summed E-state index contributed by atoms with van der Waals surface area (Å²) in [7, 11) is 1.61. The van der Waals surface area contributed by atoms with Gasteiger partial charge in [0.2, 0.25) is 0 Å². The Balaban J connectivity index is 2.71. The number of hydrogen-bond acceptors (Lipinski definition) is 3. The standard InChI is InChI=1S/C13H22N2O4/c1-3-8-15(9-12(17)18)13(19)14(2)10-6-4-5-7-11(10)16/h3,10-11,16H,1,4-9H2,2H3,(H,17,18). The number of likely N-dealkylation sites (N-methyl/N-ethyl adjacent to an activating group) is 1. The first-order valence-corrected chi connectivity index (χ1v) is 6.50. The number of urea groups is 1. The van der Waals surface area contributed by atoms with Gasteiger partial charge in [-0.25, -0.2) is 4.79 Å². The average Bonchev–Trinajstić information content (AvgIpc) is 2.36. The van der Waals surface area contributed by atoms with Crippen molar-refractivity contribution in [1.29, 1.82) is 0 Å². The van der Waals surface area contributed by atoms with Gasteiger partial charge in [0.1, 0.15) is 6.54 Å². The van der Waals surface area contributed by atoms with Crippen molar-refractivity contribution in [2.45, 2.75) is 37.8 Å². The van der Waals surface area contributed by atoms with Crippen LogP contribution in [-0.2, 0) is 4.79 Å². The van der Waals surface area contributed by atoms with E-state index in [4.69, 9.17) is 5.11 Å². The number of carboxylic acid groups (broad SMARTS) is 1. The van der Waals surface area contributed by atoms with Gasteiger partial charge in [0, 0.05) is 13.6 Å². The van der Waals surface area contributed by atoms with Crippen LogP contribution in [0.1, 0.15) is 25.7 Å². The molecule has 2 atom stereocenters. The summed E-state index contributed by atoms with van der Waals surface area (Å²) >= 11 is 0. The smallest absolute Gasteiger partial charge is 0.323 e. The van der Waals surface area contributed by atoms with E-state index in [1.54, 1.807) is 7.05 Å². The Hall–Kier alpha value is -1.56. The fraction of sp³-hybridized carbons (Fsp3) is 0.692. The van der Waals surface area contributed by atoms with Crippen LogP contribution in [0.4, 0.5) is 4.79 Å². The zero-order valence-corrected chi connectivity index (χ0v) is 11.3. The number of hydrogen-bond donors (Lipinski definition) is 2. The highest BCUT2D eigenvalue weighted by atomic mass is 16.4. The first-order valence-electron chi connectivity index (χ1n) is 6.50.